The third kappa shape index (κ3) is 4.39. The number of rotatable bonds is 5. The molecule has 0 radical (unpaired) electrons. The molecule has 1 aliphatic heterocycles. The molecule has 25 heavy (non-hydrogen) atoms. The van der Waals surface area contributed by atoms with Crippen LogP contribution in [0.1, 0.15) is 39.0 Å². The van der Waals surface area contributed by atoms with Crippen molar-refractivity contribution < 1.29 is 4.74 Å². The van der Waals surface area contributed by atoms with Gasteiger partial charge in [-0.1, -0.05) is 31.9 Å². The fourth-order valence-electron chi connectivity index (χ4n) is 4.08. The van der Waals surface area contributed by atoms with E-state index in [4.69, 9.17) is 4.74 Å². The molecular weight excluding hydrogens is 312 g/mol. The first kappa shape index (κ1) is 17.9. The van der Waals surface area contributed by atoms with E-state index < -0.39 is 0 Å². The minimum absolute atomic E-state index is 0.410. The van der Waals surface area contributed by atoms with Crippen molar-refractivity contribution in [1.29, 1.82) is 0 Å². The molecule has 1 aliphatic carbocycles. The molecule has 2 N–H and O–H groups in total. The number of anilines is 1. The largest absolute Gasteiger partial charge is 0.495 e. The van der Waals surface area contributed by atoms with Crippen molar-refractivity contribution in [3.63, 3.8) is 0 Å². The zero-order chi connectivity index (χ0) is 17.7. The number of aliphatic imine (C=N–C) groups is 1. The summed E-state index contributed by atoms with van der Waals surface area (Å²) < 4.78 is 5.50. The predicted octanol–water partition coefficient (Wildman–Crippen LogP) is 3.02. The fraction of sp³-hybridized carbons (Fsp3) is 0.650. The maximum Gasteiger partial charge on any atom is 0.191 e. The highest BCUT2D eigenvalue weighted by molar-refractivity contribution is 5.80. The summed E-state index contributed by atoms with van der Waals surface area (Å²) in [5.41, 5.74) is 1.60. The zero-order valence-electron chi connectivity index (χ0n) is 15.8. The summed E-state index contributed by atoms with van der Waals surface area (Å²) in [6, 6.07) is 8.66. The molecule has 1 aromatic carbocycles. The maximum absolute atomic E-state index is 5.50. The fourth-order valence-corrected chi connectivity index (χ4v) is 4.08. The van der Waals surface area contributed by atoms with Gasteiger partial charge >= 0.3 is 0 Å². The second kappa shape index (κ2) is 7.98. The second-order valence-electron chi connectivity index (χ2n) is 7.69. The highest BCUT2D eigenvalue weighted by Crippen LogP contribution is 2.36. The van der Waals surface area contributed by atoms with Crippen LogP contribution in [0.5, 0.6) is 5.75 Å². The molecule has 0 amide bonds. The van der Waals surface area contributed by atoms with Crippen molar-refractivity contribution in [2.45, 2.75) is 45.1 Å². The molecule has 2 aliphatic rings. The van der Waals surface area contributed by atoms with Gasteiger partial charge in [0.05, 0.1) is 12.8 Å². The number of benzene rings is 1. The summed E-state index contributed by atoms with van der Waals surface area (Å²) in [6.07, 6.45) is 6.47. The lowest BCUT2D eigenvalue weighted by Gasteiger charge is -2.26. The van der Waals surface area contributed by atoms with Crippen LogP contribution in [0.4, 0.5) is 5.69 Å². The number of ether oxygens (including phenoxy) is 1. The Balaban J connectivity index is 1.53. The topological polar surface area (TPSA) is 48.9 Å². The van der Waals surface area contributed by atoms with Crippen LogP contribution < -0.4 is 20.3 Å². The number of methoxy groups -OCH3 is 1. The number of nitrogens with one attached hydrogen (secondary N) is 2. The summed E-state index contributed by atoms with van der Waals surface area (Å²) >= 11 is 0. The molecule has 5 nitrogen and oxygen atoms in total. The number of nitrogens with zero attached hydrogens (tertiary/aromatic N) is 2. The maximum atomic E-state index is 5.50. The molecule has 1 atom stereocenters. The summed E-state index contributed by atoms with van der Waals surface area (Å²) in [5.74, 6) is 1.87. The Morgan fingerprint density at radius 2 is 2.08 bits per heavy atom. The molecule has 138 valence electrons. The van der Waals surface area contributed by atoms with Crippen LogP contribution in [-0.2, 0) is 0 Å². The molecule has 1 saturated carbocycles. The highest BCUT2D eigenvalue weighted by Gasteiger charge is 2.29. The first-order chi connectivity index (χ1) is 12.1. The van der Waals surface area contributed by atoms with Gasteiger partial charge in [-0.15, -0.1) is 0 Å². The van der Waals surface area contributed by atoms with E-state index in [-0.39, 0.29) is 0 Å². The van der Waals surface area contributed by atoms with E-state index in [2.05, 4.69) is 39.6 Å². The monoisotopic (exact) mass is 344 g/mol. The molecule has 1 aromatic rings. The molecule has 1 heterocycles. The quantitative estimate of drug-likeness (QED) is 0.637. The molecule has 0 bridgehead atoms. The van der Waals surface area contributed by atoms with Crippen LogP contribution >= 0.6 is 0 Å². The lowest BCUT2D eigenvalue weighted by Crippen LogP contribution is -2.47. The molecule has 1 unspecified atom stereocenters. The van der Waals surface area contributed by atoms with Crippen molar-refractivity contribution in [1.82, 2.24) is 10.6 Å². The van der Waals surface area contributed by atoms with E-state index in [1.807, 2.05) is 19.2 Å². The number of guanidine groups is 1. The molecule has 5 heteroatoms. The van der Waals surface area contributed by atoms with Crippen molar-refractivity contribution in [2.75, 3.05) is 38.7 Å². The summed E-state index contributed by atoms with van der Waals surface area (Å²) in [4.78, 5) is 6.82. The Morgan fingerprint density at radius 3 is 2.80 bits per heavy atom. The minimum Gasteiger partial charge on any atom is -0.495 e. The van der Waals surface area contributed by atoms with Gasteiger partial charge in [-0.25, -0.2) is 0 Å². The Hall–Kier alpha value is -1.91. The van der Waals surface area contributed by atoms with E-state index in [1.165, 1.54) is 31.4 Å². The van der Waals surface area contributed by atoms with E-state index in [0.29, 0.717) is 11.5 Å². The molecule has 0 spiro atoms. The third-order valence-electron chi connectivity index (χ3n) is 5.67. The Kier molecular flexibility index (Phi) is 5.71. The minimum atomic E-state index is 0.410. The van der Waals surface area contributed by atoms with Crippen molar-refractivity contribution in [3.05, 3.63) is 24.3 Å². The lowest BCUT2D eigenvalue weighted by atomic mass is 9.89. The van der Waals surface area contributed by atoms with Gasteiger partial charge in [0, 0.05) is 32.7 Å². The van der Waals surface area contributed by atoms with Crippen LogP contribution in [0, 0.1) is 5.41 Å². The van der Waals surface area contributed by atoms with Gasteiger partial charge in [0.2, 0.25) is 0 Å². The van der Waals surface area contributed by atoms with Crippen LogP contribution in [0.3, 0.4) is 0 Å². The van der Waals surface area contributed by atoms with E-state index in [0.717, 1.165) is 37.8 Å². The molecule has 0 aromatic heterocycles. The Bertz CT molecular complexity index is 595. The Labute approximate surface area is 151 Å². The second-order valence-corrected chi connectivity index (χ2v) is 7.69. The first-order valence-corrected chi connectivity index (χ1v) is 9.49. The van der Waals surface area contributed by atoms with Gasteiger partial charge in [0.1, 0.15) is 5.75 Å². The molecular formula is C20H32N4O. The van der Waals surface area contributed by atoms with E-state index in [1.54, 1.807) is 7.11 Å². The van der Waals surface area contributed by atoms with Gasteiger partial charge in [-0.05, 0) is 36.8 Å². The van der Waals surface area contributed by atoms with Crippen molar-refractivity contribution in [2.24, 2.45) is 10.4 Å². The smallest absolute Gasteiger partial charge is 0.191 e. The van der Waals surface area contributed by atoms with Gasteiger partial charge < -0.3 is 20.3 Å². The number of para-hydroxylation sites is 2. The highest BCUT2D eigenvalue weighted by atomic mass is 16.5. The SMILES string of the molecule is CN=C(NCC1(C)CCCC1)NC1CCN(c2ccccc2OC)C1. The van der Waals surface area contributed by atoms with Crippen molar-refractivity contribution >= 4 is 11.6 Å². The van der Waals surface area contributed by atoms with Gasteiger partial charge in [0.25, 0.3) is 0 Å². The van der Waals surface area contributed by atoms with Crippen LogP contribution in [0.15, 0.2) is 29.3 Å². The molecule has 2 fully saturated rings. The third-order valence-corrected chi connectivity index (χ3v) is 5.67. The van der Waals surface area contributed by atoms with Crippen LogP contribution in [0.25, 0.3) is 0 Å². The standard InChI is InChI=1S/C20H32N4O/c1-20(11-6-7-12-20)15-22-19(21-2)23-16-10-13-24(14-16)17-8-4-5-9-18(17)25-3/h4-5,8-9,16H,6-7,10-15H2,1-3H3,(H2,21,22,23). The van der Waals surface area contributed by atoms with Crippen LogP contribution in [0.2, 0.25) is 0 Å². The normalized spacial score (nSPS) is 22.9. The van der Waals surface area contributed by atoms with Gasteiger partial charge in [0.15, 0.2) is 5.96 Å². The number of hydrogen-bond donors (Lipinski definition) is 2. The van der Waals surface area contributed by atoms with Gasteiger partial charge in [-0.2, -0.15) is 0 Å². The Morgan fingerprint density at radius 1 is 1.32 bits per heavy atom. The first-order valence-electron chi connectivity index (χ1n) is 9.49. The summed E-state index contributed by atoms with van der Waals surface area (Å²) in [5, 5.41) is 7.15. The van der Waals surface area contributed by atoms with Crippen LogP contribution in [-0.4, -0.2) is 45.8 Å². The van der Waals surface area contributed by atoms with Crippen molar-refractivity contribution in [3.8, 4) is 5.75 Å². The lowest BCUT2D eigenvalue weighted by molar-refractivity contribution is 0.333. The number of hydrogen-bond acceptors (Lipinski definition) is 3. The zero-order valence-corrected chi connectivity index (χ0v) is 15.8. The molecule has 1 saturated heterocycles. The predicted molar refractivity (Wildman–Crippen MR) is 105 cm³/mol. The van der Waals surface area contributed by atoms with E-state index >= 15 is 0 Å². The molecule has 3 rings (SSSR count). The summed E-state index contributed by atoms with van der Waals surface area (Å²) in [6.45, 7) is 5.40. The van der Waals surface area contributed by atoms with Gasteiger partial charge in [-0.3, -0.25) is 4.99 Å². The average Bonchev–Trinajstić information content (AvgIpc) is 3.28. The summed E-state index contributed by atoms with van der Waals surface area (Å²) in [7, 11) is 3.60. The van der Waals surface area contributed by atoms with E-state index in [9.17, 15) is 0 Å². The average molecular weight is 345 g/mol.